The van der Waals surface area contributed by atoms with Crippen molar-refractivity contribution in [1.29, 1.82) is 0 Å². The molecule has 8 atom stereocenters. The third-order valence-corrected chi connectivity index (χ3v) is 11.5. The molecule has 0 heterocycles. The molecular formula is C32H55NO. The van der Waals surface area contributed by atoms with E-state index in [-0.39, 0.29) is 5.91 Å². The number of hydrogen-bond acceptors (Lipinski definition) is 1. The summed E-state index contributed by atoms with van der Waals surface area (Å²) in [4.78, 5) is 12.4. The summed E-state index contributed by atoms with van der Waals surface area (Å²) >= 11 is 0. The Balaban J connectivity index is 1.41. The molecule has 4 rings (SSSR count). The van der Waals surface area contributed by atoms with E-state index in [4.69, 9.17) is 0 Å². The second-order valence-corrected chi connectivity index (χ2v) is 14.0. The smallest absolute Gasteiger partial charge is 0.220 e. The minimum atomic E-state index is 0.276. The van der Waals surface area contributed by atoms with Crippen molar-refractivity contribution in [3.63, 3.8) is 0 Å². The summed E-state index contributed by atoms with van der Waals surface area (Å²) < 4.78 is 0. The molecule has 0 aliphatic heterocycles. The Morgan fingerprint density at radius 3 is 2.59 bits per heavy atom. The molecule has 0 spiro atoms. The third kappa shape index (κ3) is 5.04. The van der Waals surface area contributed by atoms with Crippen LogP contribution in [0, 0.1) is 52.3 Å². The number of hydrogen-bond donors (Lipinski definition) is 1. The zero-order valence-corrected chi connectivity index (χ0v) is 23.4. The van der Waals surface area contributed by atoms with Crippen molar-refractivity contribution in [3.05, 3.63) is 11.6 Å². The lowest BCUT2D eigenvalue weighted by atomic mass is 9.46. The Bertz CT molecular complexity index is 739. The van der Waals surface area contributed by atoms with Crippen molar-refractivity contribution in [2.45, 2.75) is 125 Å². The Morgan fingerprint density at radius 2 is 1.85 bits per heavy atom. The van der Waals surface area contributed by atoms with E-state index in [1.807, 2.05) is 0 Å². The summed E-state index contributed by atoms with van der Waals surface area (Å²) in [6.07, 6.45) is 19.6. The highest BCUT2D eigenvalue weighted by molar-refractivity contribution is 5.76. The van der Waals surface area contributed by atoms with Crippen LogP contribution in [-0.4, -0.2) is 12.5 Å². The molecule has 1 N–H and O–H groups in total. The van der Waals surface area contributed by atoms with Gasteiger partial charge in [-0.05, 0) is 110 Å². The van der Waals surface area contributed by atoms with Crippen molar-refractivity contribution in [2.24, 2.45) is 52.3 Å². The Kier molecular flexibility index (Phi) is 8.25. The van der Waals surface area contributed by atoms with E-state index >= 15 is 0 Å². The number of allylic oxidation sites excluding steroid dienone is 2. The van der Waals surface area contributed by atoms with Gasteiger partial charge < -0.3 is 5.32 Å². The van der Waals surface area contributed by atoms with E-state index in [1.54, 1.807) is 5.57 Å². The van der Waals surface area contributed by atoms with E-state index in [9.17, 15) is 4.79 Å². The first kappa shape index (κ1) is 26.3. The SMILES string of the molecule is CCCNC(=O)CC1CCC2(C)C(=CCC3C2CCC2(C)C(C(C)CCCC(C)C)CCC32)C1. The molecule has 0 aromatic rings. The molecule has 34 heavy (non-hydrogen) atoms. The summed E-state index contributed by atoms with van der Waals surface area (Å²) in [7, 11) is 0. The maximum Gasteiger partial charge on any atom is 0.220 e. The standard InChI is InChI=1S/C32H55NO/c1-7-19-33-30(34)21-24-15-17-31(5)25(20-24)11-12-26-28-14-13-27(23(4)10-8-9-22(2)3)32(28,6)18-16-29(26)31/h11,22-24,26-29H,7-10,12-21H2,1-6H3,(H,33,34). The normalized spacial score (nSPS) is 40.2. The van der Waals surface area contributed by atoms with Crippen LogP contribution in [0.1, 0.15) is 125 Å². The summed E-state index contributed by atoms with van der Waals surface area (Å²) in [5, 5.41) is 3.11. The Labute approximate surface area is 211 Å². The fourth-order valence-electron chi connectivity index (χ4n) is 9.53. The summed E-state index contributed by atoms with van der Waals surface area (Å²) in [6, 6.07) is 0. The van der Waals surface area contributed by atoms with Crippen molar-refractivity contribution in [3.8, 4) is 0 Å². The first-order chi connectivity index (χ1) is 16.2. The van der Waals surface area contributed by atoms with Crippen LogP contribution in [0.2, 0.25) is 0 Å². The quantitative estimate of drug-likeness (QED) is 0.337. The van der Waals surface area contributed by atoms with Gasteiger partial charge in [0.15, 0.2) is 0 Å². The molecular weight excluding hydrogens is 414 g/mol. The topological polar surface area (TPSA) is 29.1 Å². The van der Waals surface area contributed by atoms with Gasteiger partial charge in [-0.2, -0.15) is 0 Å². The molecule has 2 heteroatoms. The van der Waals surface area contributed by atoms with Gasteiger partial charge in [-0.15, -0.1) is 0 Å². The zero-order valence-electron chi connectivity index (χ0n) is 23.4. The first-order valence-corrected chi connectivity index (χ1v) is 15.1. The molecule has 3 fully saturated rings. The van der Waals surface area contributed by atoms with Gasteiger partial charge in [-0.3, -0.25) is 4.79 Å². The van der Waals surface area contributed by atoms with E-state index in [0.29, 0.717) is 16.7 Å². The monoisotopic (exact) mass is 469 g/mol. The molecule has 2 nitrogen and oxygen atoms in total. The molecule has 3 saturated carbocycles. The fraction of sp³-hybridized carbons (Fsp3) is 0.906. The molecule has 0 aromatic heterocycles. The largest absolute Gasteiger partial charge is 0.356 e. The molecule has 0 radical (unpaired) electrons. The molecule has 4 aliphatic carbocycles. The minimum Gasteiger partial charge on any atom is -0.356 e. The average molecular weight is 470 g/mol. The number of carbonyl (C=O) groups excluding carboxylic acids is 1. The van der Waals surface area contributed by atoms with Crippen molar-refractivity contribution in [2.75, 3.05) is 6.54 Å². The highest BCUT2D eigenvalue weighted by Crippen LogP contribution is 2.67. The molecule has 0 saturated heterocycles. The van der Waals surface area contributed by atoms with Crippen molar-refractivity contribution in [1.82, 2.24) is 5.32 Å². The Hall–Kier alpha value is -0.790. The lowest BCUT2D eigenvalue weighted by Crippen LogP contribution is -2.50. The molecule has 8 unspecified atom stereocenters. The van der Waals surface area contributed by atoms with Crippen molar-refractivity contribution < 1.29 is 4.79 Å². The van der Waals surface area contributed by atoms with Gasteiger partial charge in [-0.1, -0.05) is 72.5 Å². The van der Waals surface area contributed by atoms with E-state index < -0.39 is 0 Å². The minimum absolute atomic E-state index is 0.276. The van der Waals surface area contributed by atoms with Crippen LogP contribution in [-0.2, 0) is 4.79 Å². The average Bonchev–Trinajstić information content (AvgIpc) is 3.15. The third-order valence-electron chi connectivity index (χ3n) is 11.5. The second-order valence-electron chi connectivity index (χ2n) is 14.0. The number of nitrogens with one attached hydrogen (secondary N) is 1. The van der Waals surface area contributed by atoms with Crippen molar-refractivity contribution >= 4 is 5.91 Å². The van der Waals surface area contributed by atoms with Gasteiger partial charge in [0.25, 0.3) is 0 Å². The molecule has 0 aromatic carbocycles. The number of rotatable bonds is 9. The molecule has 1 amide bonds. The van der Waals surface area contributed by atoms with E-state index in [0.717, 1.165) is 54.9 Å². The van der Waals surface area contributed by atoms with E-state index in [2.05, 4.69) is 52.9 Å². The van der Waals surface area contributed by atoms with Gasteiger partial charge in [0.05, 0.1) is 0 Å². The van der Waals surface area contributed by atoms with Gasteiger partial charge in [0.1, 0.15) is 0 Å². The van der Waals surface area contributed by atoms with Crippen LogP contribution in [0.15, 0.2) is 11.6 Å². The van der Waals surface area contributed by atoms with Crippen LogP contribution in [0.25, 0.3) is 0 Å². The zero-order chi connectivity index (χ0) is 24.5. The van der Waals surface area contributed by atoms with Crippen LogP contribution in [0.3, 0.4) is 0 Å². The highest BCUT2D eigenvalue weighted by atomic mass is 16.1. The number of fused-ring (bicyclic) bond motifs is 5. The van der Waals surface area contributed by atoms with Gasteiger partial charge in [0, 0.05) is 13.0 Å². The lowest BCUT2D eigenvalue weighted by molar-refractivity contribution is -0.122. The van der Waals surface area contributed by atoms with Crippen LogP contribution in [0.5, 0.6) is 0 Å². The fourth-order valence-corrected chi connectivity index (χ4v) is 9.53. The summed E-state index contributed by atoms with van der Waals surface area (Å²) in [5.74, 6) is 6.25. The maximum absolute atomic E-state index is 12.4. The van der Waals surface area contributed by atoms with Crippen LogP contribution in [0.4, 0.5) is 0 Å². The number of amides is 1. The number of carbonyl (C=O) groups is 1. The van der Waals surface area contributed by atoms with Crippen LogP contribution >= 0.6 is 0 Å². The predicted octanol–water partition coefficient (Wildman–Crippen LogP) is 8.56. The van der Waals surface area contributed by atoms with Gasteiger partial charge >= 0.3 is 0 Å². The summed E-state index contributed by atoms with van der Waals surface area (Å²) in [6.45, 7) is 15.6. The summed E-state index contributed by atoms with van der Waals surface area (Å²) in [5.41, 5.74) is 2.71. The maximum atomic E-state index is 12.4. The lowest BCUT2D eigenvalue weighted by Gasteiger charge is -2.58. The Morgan fingerprint density at radius 1 is 1.06 bits per heavy atom. The van der Waals surface area contributed by atoms with E-state index in [1.165, 1.54) is 70.6 Å². The molecule has 0 bridgehead atoms. The molecule has 194 valence electrons. The predicted molar refractivity (Wildman–Crippen MR) is 144 cm³/mol. The first-order valence-electron chi connectivity index (χ1n) is 15.1. The second kappa shape index (κ2) is 10.7. The van der Waals surface area contributed by atoms with Crippen LogP contribution < -0.4 is 5.32 Å². The van der Waals surface area contributed by atoms with Gasteiger partial charge in [-0.25, -0.2) is 0 Å². The highest BCUT2D eigenvalue weighted by Gasteiger charge is 2.59. The molecule has 4 aliphatic rings. The van der Waals surface area contributed by atoms with Gasteiger partial charge in [0.2, 0.25) is 5.91 Å².